The number of nitrogens with zero attached hydrogens (tertiary/aromatic N) is 2. The van der Waals surface area contributed by atoms with Crippen LogP contribution in [-0.2, 0) is 17.8 Å². The summed E-state index contributed by atoms with van der Waals surface area (Å²) in [5, 5.41) is 0. The first-order valence-corrected chi connectivity index (χ1v) is 7.00. The van der Waals surface area contributed by atoms with Gasteiger partial charge in [0.05, 0.1) is 0 Å². The zero-order valence-corrected chi connectivity index (χ0v) is 12.9. The maximum Gasteiger partial charge on any atom is 0.250 e. The van der Waals surface area contributed by atoms with Crippen molar-refractivity contribution in [2.75, 3.05) is 17.2 Å². The van der Waals surface area contributed by atoms with Crippen LogP contribution in [0.25, 0.3) is 0 Å². The van der Waals surface area contributed by atoms with E-state index in [9.17, 15) is 9.59 Å². The number of carbonyl (C=O) groups excluding carboxylic acids is 1. The maximum absolute atomic E-state index is 12.5. The van der Waals surface area contributed by atoms with Crippen molar-refractivity contribution >= 4 is 29.7 Å². The molecule has 3 rings (SSSR count). The van der Waals surface area contributed by atoms with Crippen LogP contribution in [0.15, 0.2) is 47.4 Å². The van der Waals surface area contributed by atoms with Crippen molar-refractivity contribution in [1.82, 2.24) is 4.57 Å². The number of fused-ring (bicyclic) bond motifs is 1. The van der Waals surface area contributed by atoms with Crippen LogP contribution in [0.3, 0.4) is 0 Å². The second kappa shape index (κ2) is 6.66. The predicted octanol–water partition coefficient (Wildman–Crippen LogP) is 1.83. The minimum Gasteiger partial charge on any atom is -0.398 e. The highest BCUT2D eigenvalue weighted by atomic mass is 35.5. The average molecular weight is 320 g/mol. The summed E-state index contributed by atoms with van der Waals surface area (Å²) in [5.74, 6) is -0.0881. The van der Waals surface area contributed by atoms with Crippen LogP contribution < -0.4 is 16.2 Å². The summed E-state index contributed by atoms with van der Waals surface area (Å²) >= 11 is 0. The Hall–Kier alpha value is -2.27. The Balaban J connectivity index is 0.00000176. The summed E-state index contributed by atoms with van der Waals surface area (Å²) in [6, 6.07) is 10.5. The summed E-state index contributed by atoms with van der Waals surface area (Å²) in [6.07, 6.45) is 3.40. The van der Waals surface area contributed by atoms with Crippen molar-refractivity contribution in [3.8, 4) is 0 Å². The number of nitrogens with two attached hydrogens (primary N) is 1. The van der Waals surface area contributed by atoms with Gasteiger partial charge in [0.2, 0.25) is 5.91 Å². The van der Waals surface area contributed by atoms with Crippen molar-refractivity contribution in [1.29, 1.82) is 0 Å². The lowest BCUT2D eigenvalue weighted by molar-refractivity contribution is -0.119. The topological polar surface area (TPSA) is 68.3 Å². The Morgan fingerprint density at radius 2 is 2.00 bits per heavy atom. The van der Waals surface area contributed by atoms with E-state index in [-0.39, 0.29) is 30.4 Å². The van der Waals surface area contributed by atoms with E-state index in [4.69, 9.17) is 5.73 Å². The molecule has 0 unspecified atom stereocenters. The van der Waals surface area contributed by atoms with Crippen LogP contribution in [0.4, 0.5) is 11.4 Å². The van der Waals surface area contributed by atoms with Gasteiger partial charge in [0.25, 0.3) is 5.56 Å². The largest absolute Gasteiger partial charge is 0.398 e. The number of hydrogen-bond acceptors (Lipinski definition) is 3. The normalized spacial score (nSPS) is 13.2. The molecule has 0 radical (unpaired) electrons. The predicted molar refractivity (Wildman–Crippen MR) is 89.5 cm³/mol. The smallest absolute Gasteiger partial charge is 0.250 e. The van der Waals surface area contributed by atoms with Crippen LogP contribution in [0.2, 0.25) is 0 Å². The average Bonchev–Trinajstić information content (AvgIpc) is 2.49. The number of pyridine rings is 1. The third-order valence-corrected chi connectivity index (χ3v) is 3.79. The molecule has 0 atom stereocenters. The van der Waals surface area contributed by atoms with Crippen molar-refractivity contribution in [3.63, 3.8) is 0 Å². The van der Waals surface area contributed by atoms with Crippen LogP contribution in [-0.4, -0.2) is 17.0 Å². The first-order chi connectivity index (χ1) is 10.2. The SMILES string of the molecule is Cl.Nc1cccc2c1CCCN2C(=O)Cn1ccccc1=O. The van der Waals surface area contributed by atoms with E-state index in [1.807, 2.05) is 18.2 Å². The van der Waals surface area contributed by atoms with Crippen molar-refractivity contribution in [3.05, 3.63) is 58.5 Å². The quantitative estimate of drug-likeness (QED) is 0.859. The molecule has 22 heavy (non-hydrogen) atoms. The van der Waals surface area contributed by atoms with E-state index < -0.39 is 0 Å². The molecule has 0 saturated heterocycles. The fourth-order valence-corrected chi connectivity index (χ4v) is 2.73. The minimum atomic E-state index is -0.171. The molecule has 6 heteroatoms. The first-order valence-electron chi connectivity index (χ1n) is 7.00. The van der Waals surface area contributed by atoms with Gasteiger partial charge < -0.3 is 15.2 Å². The number of nitrogen functional groups attached to an aromatic ring is 1. The zero-order valence-electron chi connectivity index (χ0n) is 12.1. The van der Waals surface area contributed by atoms with Gasteiger partial charge in [0.15, 0.2) is 0 Å². The number of aromatic nitrogens is 1. The Morgan fingerprint density at radius 1 is 1.18 bits per heavy atom. The zero-order chi connectivity index (χ0) is 14.8. The van der Waals surface area contributed by atoms with Gasteiger partial charge in [-0.1, -0.05) is 12.1 Å². The van der Waals surface area contributed by atoms with Crippen molar-refractivity contribution < 1.29 is 4.79 Å². The number of benzene rings is 1. The third-order valence-electron chi connectivity index (χ3n) is 3.79. The summed E-state index contributed by atoms with van der Waals surface area (Å²) in [5.41, 5.74) is 8.44. The van der Waals surface area contributed by atoms with Crippen molar-refractivity contribution in [2.24, 2.45) is 0 Å². The van der Waals surface area contributed by atoms with Crippen LogP contribution in [0, 0.1) is 0 Å². The molecule has 1 amide bonds. The second-order valence-electron chi connectivity index (χ2n) is 5.16. The summed E-state index contributed by atoms with van der Waals surface area (Å²) in [6.45, 7) is 0.713. The maximum atomic E-state index is 12.5. The molecule has 1 aliphatic rings. The molecule has 1 aromatic heterocycles. The summed E-state index contributed by atoms with van der Waals surface area (Å²) in [4.78, 5) is 26.0. The molecule has 0 fully saturated rings. The number of halogens is 1. The van der Waals surface area contributed by atoms with E-state index in [1.165, 1.54) is 10.6 Å². The molecule has 0 saturated carbocycles. The van der Waals surface area contributed by atoms with Crippen LogP contribution >= 0.6 is 12.4 Å². The molecule has 1 aromatic carbocycles. The highest BCUT2D eigenvalue weighted by Gasteiger charge is 2.23. The van der Waals surface area contributed by atoms with E-state index in [2.05, 4.69) is 0 Å². The molecular formula is C16H18ClN3O2. The lowest BCUT2D eigenvalue weighted by Crippen LogP contribution is -2.39. The summed E-state index contributed by atoms with van der Waals surface area (Å²) < 4.78 is 1.42. The molecule has 116 valence electrons. The fourth-order valence-electron chi connectivity index (χ4n) is 2.73. The first kappa shape index (κ1) is 16.1. The lowest BCUT2D eigenvalue weighted by Gasteiger charge is -2.30. The Kier molecular flexibility index (Phi) is 4.88. The number of hydrogen-bond donors (Lipinski definition) is 1. The Bertz CT molecular complexity index is 742. The Labute approximate surface area is 134 Å². The van der Waals surface area contributed by atoms with Crippen LogP contribution in [0.1, 0.15) is 12.0 Å². The lowest BCUT2D eigenvalue weighted by atomic mass is 10.00. The van der Waals surface area contributed by atoms with Crippen LogP contribution in [0.5, 0.6) is 0 Å². The van der Waals surface area contributed by atoms with Crippen molar-refractivity contribution in [2.45, 2.75) is 19.4 Å². The monoisotopic (exact) mass is 319 g/mol. The van der Waals surface area contributed by atoms with Gasteiger partial charge in [-0.15, -0.1) is 12.4 Å². The number of anilines is 2. The fraction of sp³-hybridized carbons (Fsp3) is 0.250. The molecule has 0 bridgehead atoms. The number of rotatable bonds is 2. The van der Waals surface area contributed by atoms with Gasteiger partial charge in [-0.3, -0.25) is 9.59 Å². The van der Waals surface area contributed by atoms with E-state index in [1.54, 1.807) is 23.2 Å². The molecule has 0 spiro atoms. The molecule has 5 nitrogen and oxygen atoms in total. The third kappa shape index (κ3) is 2.99. The number of amides is 1. The molecular weight excluding hydrogens is 302 g/mol. The van der Waals surface area contributed by atoms with Gasteiger partial charge >= 0.3 is 0 Å². The van der Waals surface area contributed by atoms with Gasteiger partial charge in [0.1, 0.15) is 6.54 Å². The molecule has 0 aliphatic carbocycles. The highest BCUT2D eigenvalue weighted by Crippen LogP contribution is 2.31. The molecule has 2 heterocycles. The second-order valence-corrected chi connectivity index (χ2v) is 5.16. The van der Waals surface area contributed by atoms with Gasteiger partial charge in [0, 0.05) is 30.2 Å². The number of carbonyl (C=O) groups is 1. The van der Waals surface area contributed by atoms with E-state index in [0.717, 1.165) is 29.8 Å². The molecule has 2 N–H and O–H groups in total. The van der Waals surface area contributed by atoms with E-state index in [0.29, 0.717) is 6.54 Å². The minimum absolute atomic E-state index is 0. The van der Waals surface area contributed by atoms with E-state index >= 15 is 0 Å². The van der Waals surface area contributed by atoms with Gasteiger partial charge in [-0.2, -0.15) is 0 Å². The van der Waals surface area contributed by atoms with Gasteiger partial charge in [-0.25, -0.2) is 0 Å². The molecule has 2 aromatic rings. The highest BCUT2D eigenvalue weighted by molar-refractivity contribution is 5.95. The standard InChI is InChI=1S/C16H17N3O2.ClH/c17-13-6-3-7-14-12(13)5-4-10-19(14)16(21)11-18-9-2-1-8-15(18)20;/h1-3,6-9H,4-5,10-11,17H2;1H. The molecule has 1 aliphatic heterocycles. The summed E-state index contributed by atoms with van der Waals surface area (Å²) in [7, 11) is 0. The van der Waals surface area contributed by atoms with Gasteiger partial charge in [-0.05, 0) is 36.6 Å². The Morgan fingerprint density at radius 3 is 2.77 bits per heavy atom.